The number of phenols is 1. The van der Waals surface area contributed by atoms with Gasteiger partial charge in [-0.15, -0.1) is 6.58 Å². The topological polar surface area (TPSA) is 66.4 Å². The van der Waals surface area contributed by atoms with Gasteiger partial charge in [0, 0.05) is 6.61 Å². The highest BCUT2D eigenvalue weighted by molar-refractivity contribution is 5.54. The second-order valence-electron chi connectivity index (χ2n) is 6.45. The maximum atomic E-state index is 9.89. The zero-order valence-corrected chi connectivity index (χ0v) is 17.7. The molecule has 0 radical (unpaired) electrons. The summed E-state index contributed by atoms with van der Waals surface area (Å²) in [5.41, 5.74) is 1.84. The molecule has 0 aromatic heterocycles. The molecule has 2 rings (SSSR count). The highest BCUT2D eigenvalue weighted by atomic mass is 16.6. The Morgan fingerprint density at radius 3 is 2.14 bits per heavy atom. The second kappa shape index (κ2) is 10.6. The minimum absolute atomic E-state index is 0.0706. The van der Waals surface area contributed by atoms with Crippen LogP contribution >= 0.6 is 0 Å². The lowest BCUT2D eigenvalue weighted by molar-refractivity contribution is -0.0163. The van der Waals surface area contributed by atoms with Crippen molar-refractivity contribution >= 4 is 0 Å². The molecule has 2 atom stereocenters. The summed E-state index contributed by atoms with van der Waals surface area (Å²) < 4.78 is 28.5. The highest BCUT2D eigenvalue weighted by Gasteiger charge is 2.26. The van der Waals surface area contributed by atoms with Gasteiger partial charge in [0.15, 0.2) is 23.0 Å². The predicted molar refractivity (Wildman–Crippen MR) is 113 cm³/mol. The molecule has 6 heteroatoms. The average molecular weight is 402 g/mol. The van der Waals surface area contributed by atoms with Crippen molar-refractivity contribution in [1.29, 1.82) is 0 Å². The van der Waals surface area contributed by atoms with Crippen LogP contribution in [0.5, 0.6) is 28.7 Å². The third-order valence-electron chi connectivity index (χ3n) is 4.51. The molecule has 0 fully saturated rings. The van der Waals surface area contributed by atoms with Crippen LogP contribution in [0.1, 0.15) is 31.1 Å². The van der Waals surface area contributed by atoms with Gasteiger partial charge in [-0.2, -0.15) is 0 Å². The maximum Gasteiger partial charge on any atom is 0.203 e. The molecular weight excluding hydrogens is 372 g/mol. The monoisotopic (exact) mass is 402 g/mol. The van der Waals surface area contributed by atoms with Gasteiger partial charge in [0.25, 0.3) is 0 Å². The molecule has 29 heavy (non-hydrogen) atoms. The first-order chi connectivity index (χ1) is 14.0. The lowest BCUT2D eigenvalue weighted by Crippen LogP contribution is -2.25. The Kier molecular flexibility index (Phi) is 8.21. The summed E-state index contributed by atoms with van der Waals surface area (Å²) in [6, 6.07) is 8.94. The van der Waals surface area contributed by atoms with Crippen LogP contribution in [0.25, 0.3) is 0 Å². The number of rotatable bonds is 11. The molecule has 0 aliphatic carbocycles. The van der Waals surface area contributed by atoms with Crippen molar-refractivity contribution in [1.82, 2.24) is 0 Å². The normalized spacial score (nSPS) is 12.7. The van der Waals surface area contributed by atoms with Crippen LogP contribution in [0.2, 0.25) is 0 Å². The number of methoxy groups -OCH3 is 3. The van der Waals surface area contributed by atoms with Crippen molar-refractivity contribution in [2.24, 2.45) is 0 Å². The van der Waals surface area contributed by atoms with Crippen LogP contribution in [0.4, 0.5) is 0 Å². The minimum atomic E-state index is -0.392. The van der Waals surface area contributed by atoms with E-state index in [2.05, 4.69) is 6.58 Å². The summed E-state index contributed by atoms with van der Waals surface area (Å²) in [6.45, 7) is 8.10. The van der Waals surface area contributed by atoms with Gasteiger partial charge in [-0.25, -0.2) is 0 Å². The molecule has 0 aliphatic rings. The molecule has 2 unspecified atom stereocenters. The van der Waals surface area contributed by atoms with Crippen molar-refractivity contribution in [2.75, 3.05) is 27.9 Å². The molecule has 0 saturated heterocycles. The average Bonchev–Trinajstić information content (AvgIpc) is 2.73. The van der Waals surface area contributed by atoms with Crippen LogP contribution in [0.15, 0.2) is 43.0 Å². The second-order valence-corrected chi connectivity index (χ2v) is 6.45. The van der Waals surface area contributed by atoms with Crippen molar-refractivity contribution in [3.63, 3.8) is 0 Å². The molecule has 0 saturated carbocycles. The summed E-state index contributed by atoms with van der Waals surface area (Å²) in [5, 5.41) is 9.89. The van der Waals surface area contributed by atoms with E-state index in [1.54, 1.807) is 32.4 Å². The number of aromatic hydroxyl groups is 1. The molecule has 2 aromatic rings. The molecule has 0 amide bonds. The Labute approximate surface area is 172 Å². The zero-order valence-electron chi connectivity index (χ0n) is 17.7. The van der Waals surface area contributed by atoms with E-state index in [-0.39, 0.29) is 11.9 Å². The molecule has 0 spiro atoms. The summed E-state index contributed by atoms with van der Waals surface area (Å²) in [6.07, 6.45) is 1.74. The smallest absolute Gasteiger partial charge is 0.203 e. The van der Waals surface area contributed by atoms with Gasteiger partial charge in [-0.1, -0.05) is 12.1 Å². The van der Waals surface area contributed by atoms with E-state index >= 15 is 0 Å². The first kappa shape index (κ1) is 22.4. The van der Waals surface area contributed by atoms with E-state index in [1.807, 2.05) is 32.1 Å². The van der Waals surface area contributed by atoms with E-state index < -0.39 is 6.10 Å². The fourth-order valence-electron chi connectivity index (χ4n) is 3.14. The maximum absolute atomic E-state index is 9.89. The third kappa shape index (κ3) is 5.35. The molecule has 0 bridgehead atoms. The van der Waals surface area contributed by atoms with Gasteiger partial charge in [0.1, 0.15) is 12.2 Å². The van der Waals surface area contributed by atoms with E-state index in [0.29, 0.717) is 36.0 Å². The first-order valence-electron chi connectivity index (χ1n) is 9.49. The predicted octanol–water partition coefficient (Wildman–Crippen LogP) is 4.69. The molecule has 158 valence electrons. The standard InChI is InChI=1S/C23H30O6/c1-7-9-16-12-20(26-5)23(21(13-16)27-6)29-15(3)22(28-8-2)17-10-11-18(24)19(14-17)25-4/h7,10-15,22,24H,1,8-9H2,2-6H3. The lowest BCUT2D eigenvalue weighted by Gasteiger charge is -2.27. The Morgan fingerprint density at radius 2 is 1.62 bits per heavy atom. The van der Waals surface area contributed by atoms with Gasteiger partial charge in [0.2, 0.25) is 5.75 Å². The summed E-state index contributed by atoms with van der Waals surface area (Å²) in [4.78, 5) is 0. The van der Waals surface area contributed by atoms with E-state index in [0.717, 1.165) is 11.1 Å². The van der Waals surface area contributed by atoms with Gasteiger partial charge < -0.3 is 28.8 Å². The third-order valence-corrected chi connectivity index (χ3v) is 4.51. The van der Waals surface area contributed by atoms with Crippen molar-refractivity contribution in [2.45, 2.75) is 32.5 Å². The number of phenolic OH excluding ortho intramolecular Hbond substituents is 1. The fraction of sp³-hybridized carbons (Fsp3) is 0.391. The summed E-state index contributed by atoms with van der Waals surface area (Å²) in [7, 11) is 4.69. The van der Waals surface area contributed by atoms with Crippen LogP contribution < -0.4 is 18.9 Å². The summed E-state index contributed by atoms with van der Waals surface area (Å²) >= 11 is 0. The molecule has 6 nitrogen and oxygen atoms in total. The Hall–Kier alpha value is -2.86. The first-order valence-corrected chi connectivity index (χ1v) is 9.49. The lowest BCUT2D eigenvalue weighted by atomic mass is 10.0. The molecule has 0 aliphatic heterocycles. The quantitative estimate of drug-likeness (QED) is 0.550. The Balaban J connectivity index is 2.39. The van der Waals surface area contributed by atoms with E-state index in [9.17, 15) is 5.11 Å². The van der Waals surface area contributed by atoms with Gasteiger partial charge in [-0.05, 0) is 55.7 Å². The summed E-state index contributed by atoms with van der Waals surface area (Å²) in [5.74, 6) is 2.11. The number of benzene rings is 2. The van der Waals surface area contributed by atoms with E-state index in [1.165, 1.54) is 7.11 Å². The van der Waals surface area contributed by atoms with Crippen molar-refractivity contribution in [3.05, 3.63) is 54.1 Å². The largest absolute Gasteiger partial charge is 0.504 e. The molecule has 0 heterocycles. The molecular formula is C23H30O6. The number of ether oxygens (including phenoxy) is 5. The van der Waals surface area contributed by atoms with Crippen molar-refractivity contribution < 1.29 is 28.8 Å². The van der Waals surface area contributed by atoms with Gasteiger partial charge in [0.05, 0.1) is 21.3 Å². The van der Waals surface area contributed by atoms with Crippen LogP contribution in [-0.4, -0.2) is 39.1 Å². The van der Waals surface area contributed by atoms with Gasteiger partial charge >= 0.3 is 0 Å². The Morgan fingerprint density at radius 1 is 1.00 bits per heavy atom. The van der Waals surface area contributed by atoms with Crippen LogP contribution in [0.3, 0.4) is 0 Å². The van der Waals surface area contributed by atoms with E-state index in [4.69, 9.17) is 23.7 Å². The zero-order chi connectivity index (χ0) is 21.4. The Bertz CT molecular complexity index is 792. The van der Waals surface area contributed by atoms with Crippen LogP contribution in [-0.2, 0) is 11.2 Å². The molecule has 1 N–H and O–H groups in total. The van der Waals surface area contributed by atoms with Gasteiger partial charge in [-0.3, -0.25) is 0 Å². The number of hydrogen-bond acceptors (Lipinski definition) is 6. The van der Waals surface area contributed by atoms with Crippen LogP contribution in [0, 0.1) is 0 Å². The SMILES string of the molecule is C=CCc1cc(OC)c(OC(C)C(OCC)c2ccc(O)c(OC)c2)c(OC)c1. The number of allylic oxidation sites excluding steroid dienone is 1. The minimum Gasteiger partial charge on any atom is -0.504 e. The van der Waals surface area contributed by atoms with Crippen molar-refractivity contribution in [3.8, 4) is 28.7 Å². The molecule has 2 aromatic carbocycles. The fourth-order valence-corrected chi connectivity index (χ4v) is 3.14. The number of hydrogen-bond donors (Lipinski definition) is 1. The highest BCUT2D eigenvalue weighted by Crippen LogP contribution is 2.41.